The predicted octanol–water partition coefficient (Wildman–Crippen LogP) is 1.44. The number of ether oxygens (including phenoxy) is 1. The van der Waals surface area contributed by atoms with Gasteiger partial charge in [0.25, 0.3) is 0 Å². The van der Waals surface area contributed by atoms with E-state index < -0.39 is 23.0 Å². The maximum atomic E-state index is 11.9. The second-order valence-electron chi connectivity index (χ2n) is 5.06. The summed E-state index contributed by atoms with van der Waals surface area (Å²) in [4.78, 5) is 36.7. The molecule has 0 aliphatic heterocycles. The van der Waals surface area contributed by atoms with E-state index in [4.69, 9.17) is 4.74 Å². The zero-order chi connectivity index (χ0) is 14.2. The third-order valence-electron chi connectivity index (χ3n) is 2.30. The molecule has 0 saturated heterocycles. The summed E-state index contributed by atoms with van der Waals surface area (Å²) in [7, 11) is 0. The first-order valence-corrected chi connectivity index (χ1v) is 5.67. The minimum Gasteiger partial charge on any atom is -0.456 e. The number of hydrogen-bond acceptors (Lipinski definition) is 5. The Hall–Kier alpha value is -2.37. The van der Waals surface area contributed by atoms with Gasteiger partial charge in [0.15, 0.2) is 0 Å². The summed E-state index contributed by atoms with van der Waals surface area (Å²) >= 11 is 0. The van der Waals surface area contributed by atoms with E-state index in [1.165, 1.54) is 18.2 Å². The Morgan fingerprint density at radius 3 is 2.58 bits per heavy atom. The van der Waals surface area contributed by atoms with Gasteiger partial charge in [0, 0.05) is 0 Å². The molecule has 6 heteroatoms. The largest absolute Gasteiger partial charge is 0.456 e. The normalized spacial score (nSPS) is 11.5. The molecule has 0 aliphatic rings. The van der Waals surface area contributed by atoms with Crippen molar-refractivity contribution in [3.8, 4) is 0 Å². The van der Waals surface area contributed by atoms with E-state index in [1.54, 1.807) is 20.8 Å². The fourth-order valence-electron chi connectivity index (χ4n) is 1.56. The fraction of sp³-hybridized carbons (Fsp3) is 0.308. The van der Waals surface area contributed by atoms with Crippen LogP contribution in [-0.2, 0) is 4.74 Å². The lowest BCUT2D eigenvalue weighted by atomic mass is 10.1. The van der Waals surface area contributed by atoms with Gasteiger partial charge in [-0.3, -0.25) is 4.98 Å². The molecule has 1 aromatic heterocycles. The van der Waals surface area contributed by atoms with Crippen LogP contribution in [-0.4, -0.2) is 16.6 Å². The Kier molecular flexibility index (Phi) is 3.01. The second-order valence-corrected chi connectivity index (χ2v) is 5.06. The highest BCUT2D eigenvalue weighted by Crippen LogP contribution is 2.14. The monoisotopic (exact) mass is 263 g/mol. The molecule has 0 aliphatic carbocycles. The molecule has 0 fully saturated rings. The van der Waals surface area contributed by atoms with Gasteiger partial charge in [-0.25, -0.2) is 14.4 Å². The van der Waals surface area contributed by atoms with Crippen LogP contribution in [0.5, 0.6) is 0 Å². The van der Waals surface area contributed by atoms with Crippen molar-refractivity contribution in [2.24, 2.45) is 0 Å². The van der Waals surface area contributed by atoms with Gasteiger partial charge < -0.3 is 9.15 Å². The van der Waals surface area contributed by atoms with Crippen LogP contribution in [0.4, 0.5) is 0 Å². The smallest absolute Gasteiger partial charge is 0.419 e. The molecule has 0 atom stereocenters. The van der Waals surface area contributed by atoms with Crippen LogP contribution >= 0.6 is 0 Å². The highest BCUT2D eigenvalue weighted by molar-refractivity contribution is 5.94. The Balaban J connectivity index is 2.50. The molecule has 0 spiro atoms. The molecule has 2 aromatic rings. The number of nitrogens with one attached hydrogen (secondary N) is 1. The second kappa shape index (κ2) is 4.38. The third kappa shape index (κ3) is 2.90. The van der Waals surface area contributed by atoms with Crippen molar-refractivity contribution in [1.29, 1.82) is 0 Å². The van der Waals surface area contributed by atoms with Gasteiger partial charge in [-0.15, -0.1) is 0 Å². The molecule has 1 aromatic carbocycles. The molecular formula is C13H13NO5. The average molecular weight is 263 g/mol. The van der Waals surface area contributed by atoms with Crippen molar-refractivity contribution in [3.05, 3.63) is 44.7 Å². The number of hydrogen-bond donors (Lipinski definition) is 1. The van der Waals surface area contributed by atoms with E-state index in [0.29, 0.717) is 0 Å². The van der Waals surface area contributed by atoms with Crippen molar-refractivity contribution >= 4 is 16.9 Å². The first-order valence-electron chi connectivity index (χ1n) is 5.67. The predicted molar refractivity (Wildman–Crippen MR) is 68.3 cm³/mol. The number of H-pyrrole nitrogens is 1. The van der Waals surface area contributed by atoms with Gasteiger partial charge in [0.1, 0.15) is 5.60 Å². The fourth-order valence-corrected chi connectivity index (χ4v) is 1.56. The lowest BCUT2D eigenvalue weighted by molar-refractivity contribution is 0.00696. The summed E-state index contributed by atoms with van der Waals surface area (Å²) < 4.78 is 9.59. The van der Waals surface area contributed by atoms with Gasteiger partial charge in [-0.1, -0.05) is 0 Å². The Labute approximate surface area is 108 Å². The van der Waals surface area contributed by atoms with Crippen LogP contribution < -0.4 is 11.4 Å². The Morgan fingerprint density at radius 1 is 1.26 bits per heavy atom. The average Bonchev–Trinajstić information content (AvgIpc) is 2.25. The highest BCUT2D eigenvalue weighted by Gasteiger charge is 2.18. The van der Waals surface area contributed by atoms with Crippen LogP contribution in [0.2, 0.25) is 0 Å². The zero-order valence-corrected chi connectivity index (χ0v) is 10.8. The lowest BCUT2D eigenvalue weighted by Gasteiger charge is -2.19. The van der Waals surface area contributed by atoms with Crippen LogP contribution in [0.1, 0.15) is 31.1 Å². The number of fused-ring (bicyclic) bond motifs is 1. The minimum absolute atomic E-state index is 0.201. The number of carbonyl (C=O) groups is 1. The minimum atomic E-state index is -0.862. The van der Waals surface area contributed by atoms with E-state index in [-0.39, 0.29) is 16.5 Å². The van der Waals surface area contributed by atoms with E-state index in [0.717, 1.165) is 0 Å². The van der Waals surface area contributed by atoms with Gasteiger partial charge in [0.2, 0.25) is 0 Å². The number of carbonyl (C=O) groups excluding carboxylic acids is 1. The summed E-state index contributed by atoms with van der Waals surface area (Å²) in [5.74, 6) is -1.39. The SMILES string of the molecule is CC(C)(C)OC(=O)c1ccc2c(=O)oc(=O)[nH]c2c1. The van der Waals surface area contributed by atoms with Gasteiger partial charge in [-0.05, 0) is 39.0 Å². The molecule has 0 unspecified atom stereocenters. The van der Waals surface area contributed by atoms with Crippen LogP contribution in [0.3, 0.4) is 0 Å². The topological polar surface area (TPSA) is 89.4 Å². The quantitative estimate of drug-likeness (QED) is 0.786. The molecule has 0 radical (unpaired) electrons. The number of aromatic amines is 1. The molecule has 0 amide bonds. The van der Waals surface area contributed by atoms with Crippen LogP contribution in [0.15, 0.2) is 32.2 Å². The summed E-state index contributed by atoms with van der Waals surface area (Å²) in [6.45, 7) is 5.26. The molecule has 0 bridgehead atoms. The first-order chi connectivity index (χ1) is 8.76. The van der Waals surface area contributed by atoms with Crippen molar-refractivity contribution in [2.75, 3.05) is 0 Å². The van der Waals surface area contributed by atoms with Gasteiger partial charge in [0.05, 0.1) is 16.5 Å². The third-order valence-corrected chi connectivity index (χ3v) is 2.30. The number of esters is 1. The summed E-state index contributed by atoms with van der Waals surface area (Å²) in [6.07, 6.45) is 0. The van der Waals surface area contributed by atoms with Crippen molar-refractivity contribution in [2.45, 2.75) is 26.4 Å². The zero-order valence-electron chi connectivity index (χ0n) is 10.8. The van der Waals surface area contributed by atoms with Gasteiger partial charge >= 0.3 is 17.4 Å². The van der Waals surface area contributed by atoms with E-state index in [1.807, 2.05) is 0 Å². The Morgan fingerprint density at radius 2 is 1.95 bits per heavy atom. The van der Waals surface area contributed by atoms with Gasteiger partial charge in [-0.2, -0.15) is 0 Å². The summed E-state index contributed by atoms with van der Waals surface area (Å²) in [5.41, 5.74) is -0.863. The molecule has 1 heterocycles. The molecule has 6 nitrogen and oxygen atoms in total. The maximum Gasteiger partial charge on any atom is 0.419 e. The lowest BCUT2D eigenvalue weighted by Crippen LogP contribution is -2.24. The summed E-state index contributed by atoms with van der Waals surface area (Å²) in [6, 6.07) is 4.25. The molecule has 1 N–H and O–H groups in total. The van der Waals surface area contributed by atoms with Crippen molar-refractivity contribution in [3.63, 3.8) is 0 Å². The maximum absolute atomic E-state index is 11.9. The van der Waals surface area contributed by atoms with Crippen molar-refractivity contribution in [1.82, 2.24) is 4.98 Å². The molecule has 100 valence electrons. The summed E-state index contributed by atoms with van der Waals surface area (Å²) in [5, 5.41) is 0.201. The van der Waals surface area contributed by atoms with Crippen LogP contribution in [0, 0.1) is 0 Å². The molecular weight excluding hydrogens is 250 g/mol. The van der Waals surface area contributed by atoms with E-state index >= 15 is 0 Å². The molecule has 0 saturated carbocycles. The first kappa shape index (κ1) is 13.1. The highest BCUT2D eigenvalue weighted by atomic mass is 16.6. The van der Waals surface area contributed by atoms with E-state index in [9.17, 15) is 14.4 Å². The molecule has 2 rings (SSSR count). The standard InChI is InChI=1S/C13H13NO5/c1-13(2,3)19-10(15)7-4-5-8-9(6-7)14-12(17)18-11(8)16/h4-6H,1-3H3,(H,14,17). The van der Waals surface area contributed by atoms with Crippen LogP contribution in [0.25, 0.3) is 10.9 Å². The number of benzene rings is 1. The number of rotatable bonds is 1. The molecule has 19 heavy (non-hydrogen) atoms. The number of aromatic nitrogens is 1. The Bertz CT molecular complexity index is 748. The van der Waals surface area contributed by atoms with E-state index in [2.05, 4.69) is 9.40 Å². The van der Waals surface area contributed by atoms with Crippen molar-refractivity contribution < 1.29 is 13.9 Å².